The summed E-state index contributed by atoms with van der Waals surface area (Å²) >= 11 is 0. The summed E-state index contributed by atoms with van der Waals surface area (Å²) in [6.07, 6.45) is 0.738. The summed E-state index contributed by atoms with van der Waals surface area (Å²) in [6.45, 7) is 10.9. The predicted octanol–water partition coefficient (Wildman–Crippen LogP) is 4.47. The van der Waals surface area contributed by atoms with Crippen LogP contribution in [0.1, 0.15) is 51.0 Å². The van der Waals surface area contributed by atoms with Crippen molar-refractivity contribution in [3.63, 3.8) is 0 Å². The Balaban J connectivity index is 2.12. The average Bonchev–Trinajstić information content (AvgIpc) is 3.18. The maximum absolute atomic E-state index is 13.0. The van der Waals surface area contributed by atoms with Crippen molar-refractivity contribution >= 4 is 34.6 Å². The molecule has 0 aliphatic carbocycles. The second kappa shape index (κ2) is 14.1. The molecule has 1 aliphatic heterocycles. The molecule has 1 fully saturated rings. The molecule has 0 bridgehead atoms. The molecule has 4 atom stereocenters. The number of hydrogen-bond donors (Lipinski definition) is 0. The van der Waals surface area contributed by atoms with Crippen molar-refractivity contribution in [2.45, 2.75) is 81.1 Å². The first-order valence-corrected chi connectivity index (χ1v) is 15.0. The molecule has 1 radical (unpaired) electrons. The van der Waals surface area contributed by atoms with Crippen LogP contribution in [0.3, 0.4) is 0 Å². The molecule has 1 aromatic carbocycles. The van der Waals surface area contributed by atoms with Crippen molar-refractivity contribution < 1.29 is 47.8 Å². The van der Waals surface area contributed by atoms with E-state index in [1.807, 2.05) is 0 Å². The summed E-state index contributed by atoms with van der Waals surface area (Å²) in [5.74, 6) is -1.69. The van der Waals surface area contributed by atoms with Crippen LogP contribution in [-0.2, 0) is 38.0 Å². The molecule has 1 saturated heterocycles. The average molecular weight is 591 g/mol. The van der Waals surface area contributed by atoms with Gasteiger partial charge in [-0.1, -0.05) is 31.2 Å². The molecule has 1 heterocycles. The van der Waals surface area contributed by atoms with Gasteiger partial charge in [0.25, 0.3) is 0 Å². The van der Waals surface area contributed by atoms with Gasteiger partial charge in [-0.15, -0.1) is 0 Å². The summed E-state index contributed by atoms with van der Waals surface area (Å²) < 4.78 is 108. The standard InChI is InChI=1S/C24H32B2F3O8S2/c1-16-7-10-22(11-8-16)38(30,31)37-21(14-17(2)19(4)36-39(32,33)24(27,28)29)9-12-23-18(3)15-20(35-23)6-5-13-34-26-25/h7-8,10-11,17,20-21,23H,3-6,9,12-15H2,1-2H3/t17-,20?,21?,23+/m1/s1. The monoisotopic (exact) mass is 591 g/mol. The zero-order chi connectivity index (χ0) is 29.4. The Morgan fingerprint density at radius 2 is 1.85 bits per heavy atom. The van der Waals surface area contributed by atoms with E-state index in [4.69, 9.17) is 20.9 Å². The minimum absolute atomic E-state index is 0.0980. The fraction of sp³-hybridized carbons (Fsp3) is 0.583. The quantitative estimate of drug-likeness (QED) is 0.0693. The van der Waals surface area contributed by atoms with Crippen LogP contribution >= 0.6 is 0 Å². The van der Waals surface area contributed by atoms with E-state index in [2.05, 4.69) is 17.3 Å². The summed E-state index contributed by atoms with van der Waals surface area (Å²) in [4.78, 5) is -0.0981. The Morgan fingerprint density at radius 1 is 1.21 bits per heavy atom. The van der Waals surface area contributed by atoms with Crippen LogP contribution in [0.15, 0.2) is 53.7 Å². The van der Waals surface area contributed by atoms with Gasteiger partial charge in [-0.25, -0.2) is 0 Å². The summed E-state index contributed by atoms with van der Waals surface area (Å²) in [7, 11) is -3.87. The van der Waals surface area contributed by atoms with Gasteiger partial charge in [0.15, 0.2) is 0 Å². The molecule has 1 aliphatic rings. The second-order valence-corrected chi connectivity index (χ2v) is 12.5. The zero-order valence-electron chi connectivity index (χ0n) is 21.9. The van der Waals surface area contributed by atoms with Gasteiger partial charge in [-0.2, -0.15) is 30.0 Å². The molecule has 215 valence electrons. The predicted molar refractivity (Wildman–Crippen MR) is 141 cm³/mol. The molecule has 8 nitrogen and oxygen atoms in total. The van der Waals surface area contributed by atoms with E-state index in [0.717, 1.165) is 18.1 Å². The van der Waals surface area contributed by atoms with Gasteiger partial charge in [0.05, 0.1) is 4.90 Å². The summed E-state index contributed by atoms with van der Waals surface area (Å²) in [6, 6.07) is 5.95. The number of rotatable bonds is 16. The van der Waals surface area contributed by atoms with E-state index in [1.165, 1.54) is 19.1 Å². The number of halogens is 3. The Kier molecular flexibility index (Phi) is 12.0. The van der Waals surface area contributed by atoms with Gasteiger partial charge < -0.3 is 4.18 Å². The van der Waals surface area contributed by atoms with Gasteiger partial charge >= 0.3 is 135 Å². The van der Waals surface area contributed by atoms with Crippen molar-refractivity contribution in [1.82, 2.24) is 0 Å². The molecule has 0 aromatic heterocycles. The van der Waals surface area contributed by atoms with Crippen molar-refractivity contribution in [2.24, 2.45) is 5.92 Å². The van der Waals surface area contributed by atoms with Crippen LogP contribution < -0.4 is 0 Å². The number of benzene rings is 1. The van der Waals surface area contributed by atoms with Gasteiger partial charge in [0.2, 0.25) is 0 Å². The Morgan fingerprint density at radius 3 is 2.44 bits per heavy atom. The number of alkyl halides is 3. The van der Waals surface area contributed by atoms with Crippen molar-refractivity contribution in [2.75, 3.05) is 6.61 Å². The van der Waals surface area contributed by atoms with E-state index >= 15 is 0 Å². The third-order valence-corrected chi connectivity index (χ3v) is 8.55. The molecule has 0 amide bonds. The van der Waals surface area contributed by atoms with Crippen LogP contribution in [0.2, 0.25) is 0 Å². The van der Waals surface area contributed by atoms with Crippen LogP contribution in [-0.4, -0.2) is 61.6 Å². The van der Waals surface area contributed by atoms with Gasteiger partial charge in [-0.3, -0.25) is 0 Å². The van der Waals surface area contributed by atoms with Crippen molar-refractivity contribution in [3.8, 4) is 0 Å². The molecule has 15 heteroatoms. The Labute approximate surface area is 230 Å². The van der Waals surface area contributed by atoms with Crippen LogP contribution in [0, 0.1) is 12.8 Å². The molecule has 0 spiro atoms. The van der Waals surface area contributed by atoms with E-state index in [1.54, 1.807) is 19.1 Å². The van der Waals surface area contributed by atoms with Crippen LogP contribution in [0.25, 0.3) is 0 Å². The third-order valence-electron chi connectivity index (χ3n) is 6.18. The molecule has 2 unspecified atom stereocenters. The van der Waals surface area contributed by atoms with Gasteiger partial charge in [0.1, 0.15) is 5.76 Å². The number of aryl methyl sites for hydroxylation is 1. The van der Waals surface area contributed by atoms with Crippen molar-refractivity contribution in [3.05, 3.63) is 54.3 Å². The second-order valence-electron chi connectivity index (χ2n) is 9.41. The maximum atomic E-state index is 13.0. The van der Waals surface area contributed by atoms with Gasteiger partial charge in [0, 0.05) is 0 Å². The number of ether oxygens (including phenoxy) is 1. The SMILES string of the molecule is [B]=BOCCCC1CC(=C)[C@H](CCC(C[C@@H](C)C(=C)OS(=O)(=O)C(F)(F)F)OS(=O)(=O)c2ccc(C)cc2)O1. The zero-order valence-corrected chi connectivity index (χ0v) is 23.5. The first-order chi connectivity index (χ1) is 18.1. The first-order valence-electron chi connectivity index (χ1n) is 12.2. The number of allylic oxidation sites excluding steroid dienone is 1. The molecular weight excluding hydrogens is 559 g/mol. The van der Waals surface area contributed by atoms with Gasteiger partial charge in [-0.05, 0) is 19.1 Å². The minimum atomic E-state index is -5.92. The molecule has 1 aromatic rings. The Bertz CT molecular complexity index is 1220. The van der Waals surface area contributed by atoms with Crippen molar-refractivity contribution in [1.29, 1.82) is 0 Å². The van der Waals surface area contributed by atoms with E-state index < -0.39 is 43.5 Å². The van der Waals surface area contributed by atoms with E-state index in [9.17, 15) is 30.0 Å². The third kappa shape index (κ3) is 10.2. The van der Waals surface area contributed by atoms with E-state index in [-0.39, 0.29) is 29.9 Å². The fourth-order valence-corrected chi connectivity index (χ4v) is 5.64. The molecule has 2 rings (SSSR count). The summed E-state index contributed by atoms with van der Waals surface area (Å²) in [5.41, 5.74) is -3.98. The molecule has 0 N–H and O–H groups in total. The van der Waals surface area contributed by atoms with Crippen LogP contribution in [0.4, 0.5) is 13.2 Å². The first kappa shape index (κ1) is 33.2. The van der Waals surface area contributed by atoms with E-state index in [0.29, 0.717) is 32.3 Å². The fourth-order valence-electron chi connectivity index (χ4n) is 3.98. The number of hydrogen-bond acceptors (Lipinski definition) is 8. The molecule has 0 saturated carbocycles. The van der Waals surface area contributed by atoms with Crippen LogP contribution in [0.5, 0.6) is 0 Å². The topological polar surface area (TPSA) is 105 Å². The Hall–Kier alpha value is -1.96. The molecular formula is C24H32B2F3O8S2. The summed E-state index contributed by atoms with van der Waals surface area (Å²) in [5, 5.41) is 0. The normalized spacial score (nSPS) is 19.7. The molecule has 39 heavy (non-hydrogen) atoms.